The fourth-order valence-corrected chi connectivity index (χ4v) is 2.06. The molecule has 0 saturated heterocycles. The van der Waals surface area contributed by atoms with Gasteiger partial charge in [-0.2, -0.15) is 14.9 Å². The first kappa shape index (κ1) is 16.4. The highest BCUT2D eigenvalue weighted by Gasteiger charge is 2.03. The highest BCUT2D eigenvalue weighted by molar-refractivity contribution is 7.71. The minimum atomic E-state index is 0.511. The number of hydrogen-bond acceptors (Lipinski definition) is 4. The van der Waals surface area contributed by atoms with Gasteiger partial charge in [-0.3, -0.25) is 5.10 Å². The summed E-state index contributed by atoms with van der Waals surface area (Å²) in [6, 6.07) is 7.85. The number of benzene rings is 1. The summed E-state index contributed by atoms with van der Waals surface area (Å²) in [6.07, 6.45) is 3.61. The number of nitrogens with one attached hydrogen (secondary N) is 1. The van der Waals surface area contributed by atoms with E-state index in [1.807, 2.05) is 24.3 Å². The molecule has 5 nitrogen and oxygen atoms in total. The number of aromatic nitrogens is 3. The largest absolute Gasteiger partial charge is 0.493 e. The van der Waals surface area contributed by atoms with Gasteiger partial charge in [0.15, 0.2) is 5.82 Å². The third-order valence-corrected chi connectivity index (χ3v) is 3.24. The van der Waals surface area contributed by atoms with Crippen LogP contribution in [-0.2, 0) is 6.42 Å². The van der Waals surface area contributed by atoms with E-state index in [-0.39, 0.29) is 0 Å². The van der Waals surface area contributed by atoms with Crippen molar-refractivity contribution >= 4 is 18.4 Å². The highest BCUT2D eigenvalue weighted by Crippen LogP contribution is 2.12. The smallest absolute Gasteiger partial charge is 0.216 e. The number of aromatic amines is 1. The molecule has 2 rings (SSSR count). The van der Waals surface area contributed by atoms with E-state index in [1.54, 1.807) is 10.9 Å². The van der Waals surface area contributed by atoms with E-state index >= 15 is 0 Å². The van der Waals surface area contributed by atoms with Gasteiger partial charge in [0.1, 0.15) is 5.75 Å². The van der Waals surface area contributed by atoms with Crippen molar-refractivity contribution < 1.29 is 4.74 Å². The van der Waals surface area contributed by atoms with E-state index in [0.717, 1.165) is 36.6 Å². The molecule has 0 fully saturated rings. The number of nitrogens with zero attached hydrogens (tertiary/aromatic N) is 3. The number of hydrogen-bond donors (Lipinski definition) is 1. The van der Waals surface area contributed by atoms with Crippen molar-refractivity contribution in [3.63, 3.8) is 0 Å². The highest BCUT2D eigenvalue weighted by atomic mass is 32.1. The molecule has 0 aliphatic rings. The van der Waals surface area contributed by atoms with Gasteiger partial charge < -0.3 is 4.74 Å². The minimum Gasteiger partial charge on any atom is -0.493 e. The maximum Gasteiger partial charge on any atom is 0.216 e. The van der Waals surface area contributed by atoms with Crippen molar-refractivity contribution in [2.45, 2.75) is 33.6 Å². The number of aryl methyl sites for hydroxylation is 1. The van der Waals surface area contributed by atoms with Crippen LogP contribution in [0.3, 0.4) is 0 Å². The summed E-state index contributed by atoms with van der Waals surface area (Å²) in [5, 5.41) is 11.4. The van der Waals surface area contributed by atoms with Crippen LogP contribution in [0.1, 0.15) is 38.6 Å². The first-order chi connectivity index (χ1) is 10.6. The number of ether oxygens (including phenoxy) is 1. The van der Waals surface area contributed by atoms with Gasteiger partial charge in [0, 0.05) is 6.42 Å². The lowest BCUT2D eigenvalue weighted by atomic mass is 10.2. The van der Waals surface area contributed by atoms with E-state index in [1.165, 1.54) is 0 Å². The Hall–Kier alpha value is -1.95. The Balaban J connectivity index is 2.07. The first-order valence-electron chi connectivity index (χ1n) is 7.53. The van der Waals surface area contributed by atoms with Gasteiger partial charge in [-0.15, -0.1) is 0 Å². The molecular formula is C16H22N4OS. The molecule has 0 amide bonds. The zero-order valence-corrected chi connectivity index (χ0v) is 14.1. The second-order valence-electron chi connectivity index (χ2n) is 5.53. The number of H-pyrrole nitrogens is 1. The van der Waals surface area contributed by atoms with Gasteiger partial charge in [0.2, 0.25) is 4.77 Å². The Morgan fingerprint density at radius 1 is 1.36 bits per heavy atom. The third kappa shape index (κ3) is 4.53. The van der Waals surface area contributed by atoms with Crippen LogP contribution in [0.5, 0.6) is 5.75 Å². The Labute approximate surface area is 136 Å². The van der Waals surface area contributed by atoms with Crippen LogP contribution in [0.15, 0.2) is 29.4 Å². The topological polar surface area (TPSA) is 55.2 Å². The monoisotopic (exact) mass is 318 g/mol. The van der Waals surface area contributed by atoms with E-state index < -0.39 is 0 Å². The summed E-state index contributed by atoms with van der Waals surface area (Å²) in [5.41, 5.74) is 0.988. The molecule has 0 aliphatic carbocycles. The summed E-state index contributed by atoms with van der Waals surface area (Å²) < 4.78 is 7.84. The molecular weight excluding hydrogens is 296 g/mol. The first-order valence-corrected chi connectivity index (χ1v) is 7.94. The molecule has 118 valence electrons. The maximum atomic E-state index is 5.66. The van der Waals surface area contributed by atoms with Crippen LogP contribution < -0.4 is 4.74 Å². The maximum absolute atomic E-state index is 5.66. The van der Waals surface area contributed by atoms with Crippen LogP contribution in [0.4, 0.5) is 0 Å². The van der Waals surface area contributed by atoms with Crippen LogP contribution in [0, 0.1) is 10.7 Å². The molecule has 0 aliphatic heterocycles. The van der Waals surface area contributed by atoms with E-state index in [9.17, 15) is 0 Å². The quantitative estimate of drug-likeness (QED) is 0.624. The van der Waals surface area contributed by atoms with Crippen molar-refractivity contribution in [1.29, 1.82) is 0 Å². The van der Waals surface area contributed by atoms with Crippen LogP contribution in [-0.4, -0.2) is 27.7 Å². The van der Waals surface area contributed by atoms with Gasteiger partial charge >= 0.3 is 0 Å². The Morgan fingerprint density at radius 2 is 2.09 bits per heavy atom. The fraction of sp³-hybridized carbons (Fsp3) is 0.438. The van der Waals surface area contributed by atoms with Crippen molar-refractivity contribution in [2.24, 2.45) is 11.0 Å². The average Bonchev–Trinajstić information content (AvgIpc) is 2.85. The predicted octanol–water partition coefficient (Wildman–Crippen LogP) is 3.81. The third-order valence-electron chi connectivity index (χ3n) is 2.98. The molecule has 0 saturated carbocycles. The Morgan fingerprint density at radius 3 is 2.73 bits per heavy atom. The summed E-state index contributed by atoms with van der Waals surface area (Å²) in [7, 11) is 0. The van der Waals surface area contributed by atoms with Gasteiger partial charge in [-0.25, -0.2) is 0 Å². The molecule has 1 N–H and O–H groups in total. The van der Waals surface area contributed by atoms with Gasteiger partial charge in [-0.05, 0) is 54.4 Å². The molecule has 0 bridgehead atoms. The summed E-state index contributed by atoms with van der Waals surface area (Å²) in [5.74, 6) is 2.24. The summed E-state index contributed by atoms with van der Waals surface area (Å²) >= 11 is 5.19. The Kier molecular flexibility index (Phi) is 5.89. The lowest BCUT2D eigenvalue weighted by Crippen LogP contribution is -2.04. The van der Waals surface area contributed by atoms with Crippen molar-refractivity contribution in [2.75, 3.05) is 6.61 Å². The fourth-order valence-electron chi connectivity index (χ4n) is 1.87. The van der Waals surface area contributed by atoms with Crippen LogP contribution in [0.25, 0.3) is 0 Å². The van der Waals surface area contributed by atoms with E-state index in [0.29, 0.717) is 10.7 Å². The van der Waals surface area contributed by atoms with Crippen molar-refractivity contribution in [3.05, 3.63) is 40.4 Å². The predicted molar refractivity (Wildman–Crippen MR) is 91.2 cm³/mol. The zero-order valence-electron chi connectivity index (χ0n) is 13.2. The molecule has 1 aromatic carbocycles. The van der Waals surface area contributed by atoms with E-state index in [2.05, 4.69) is 36.1 Å². The molecule has 0 spiro atoms. The van der Waals surface area contributed by atoms with E-state index in [4.69, 9.17) is 17.0 Å². The second-order valence-corrected chi connectivity index (χ2v) is 5.91. The molecule has 0 atom stereocenters. The molecule has 0 radical (unpaired) electrons. The summed E-state index contributed by atoms with van der Waals surface area (Å²) in [4.78, 5) is 0. The van der Waals surface area contributed by atoms with Crippen molar-refractivity contribution in [3.8, 4) is 5.75 Å². The second kappa shape index (κ2) is 7.89. The Bertz CT molecular complexity index is 670. The van der Waals surface area contributed by atoms with Gasteiger partial charge in [0.05, 0.1) is 12.8 Å². The normalized spacial score (nSPS) is 11.5. The van der Waals surface area contributed by atoms with Gasteiger partial charge in [0.25, 0.3) is 0 Å². The lowest BCUT2D eigenvalue weighted by Gasteiger charge is -2.08. The van der Waals surface area contributed by atoms with Gasteiger partial charge in [-0.1, -0.05) is 20.8 Å². The molecule has 1 heterocycles. The van der Waals surface area contributed by atoms with Crippen LogP contribution >= 0.6 is 12.2 Å². The number of rotatable bonds is 7. The van der Waals surface area contributed by atoms with Crippen LogP contribution in [0.2, 0.25) is 0 Å². The average molecular weight is 318 g/mol. The lowest BCUT2D eigenvalue weighted by molar-refractivity contribution is 0.271. The molecule has 6 heteroatoms. The molecule has 2 aromatic rings. The molecule has 0 unspecified atom stereocenters. The molecule has 1 aromatic heterocycles. The summed E-state index contributed by atoms with van der Waals surface area (Å²) in [6.45, 7) is 7.08. The standard InChI is InChI=1S/C16H22N4OS/c1-4-5-15-18-19-16(22)20(15)17-10-13-6-8-14(9-7-13)21-11-12(2)3/h6-10,12H,4-5,11H2,1-3H3,(H,19,22)/b17-10-. The molecule has 22 heavy (non-hydrogen) atoms. The SMILES string of the molecule is CCCc1n[nH]c(=S)n1/N=C\c1ccc(OCC(C)C)cc1. The van der Waals surface area contributed by atoms with Crippen molar-refractivity contribution in [1.82, 2.24) is 14.9 Å². The zero-order chi connectivity index (χ0) is 15.9. The minimum absolute atomic E-state index is 0.511.